The lowest BCUT2D eigenvalue weighted by Crippen LogP contribution is -2.23. The monoisotopic (exact) mass is 197 g/mol. The van der Waals surface area contributed by atoms with Gasteiger partial charge in [-0.15, -0.1) is 11.6 Å². The summed E-state index contributed by atoms with van der Waals surface area (Å²) in [5.74, 6) is 0. The maximum Gasteiger partial charge on any atom is 0.267 e. The van der Waals surface area contributed by atoms with Gasteiger partial charge in [0.25, 0.3) is 16.1 Å². The van der Waals surface area contributed by atoms with Crippen LogP contribution in [0, 0.1) is 0 Å². The molecule has 0 saturated heterocycles. The van der Waals surface area contributed by atoms with Gasteiger partial charge in [-0.05, 0) is 13.8 Å². The number of rotatable bonds is 3. The normalized spacial score (nSPS) is 16.6. The largest absolute Gasteiger partial charge is 0.267 e. The fourth-order valence-electron chi connectivity index (χ4n) is 0.372. The maximum atomic E-state index is 10.9. The Hall–Kier alpha value is -0.380. The molecule has 0 aromatic carbocycles. The van der Waals surface area contributed by atoms with Gasteiger partial charge in [-0.3, -0.25) is 0 Å². The SMILES string of the molecule is CC(Cl)C(C)S(=O)(=O)N=C=O. The van der Waals surface area contributed by atoms with Crippen LogP contribution in [-0.2, 0) is 14.8 Å². The highest BCUT2D eigenvalue weighted by atomic mass is 35.5. The van der Waals surface area contributed by atoms with Gasteiger partial charge in [-0.25, -0.2) is 13.2 Å². The first kappa shape index (κ1) is 10.6. The van der Waals surface area contributed by atoms with E-state index in [1.54, 1.807) is 0 Å². The van der Waals surface area contributed by atoms with E-state index in [2.05, 4.69) is 4.40 Å². The average molecular weight is 198 g/mol. The zero-order chi connectivity index (χ0) is 9.07. The fraction of sp³-hybridized carbons (Fsp3) is 0.800. The second kappa shape index (κ2) is 3.85. The summed E-state index contributed by atoms with van der Waals surface area (Å²) in [6, 6.07) is 0. The molecule has 0 spiro atoms. The molecule has 0 aromatic rings. The first-order valence-corrected chi connectivity index (χ1v) is 4.83. The Labute approximate surface area is 70.3 Å². The van der Waals surface area contributed by atoms with Crippen molar-refractivity contribution in [1.82, 2.24) is 0 Å². The molecule has 0 aliphatic heterocycles. The molecule has 0 heterocycles. The van der Waals surface area contributed by atoms with E-state index in [0.29, 0.717) is 0 Å². The zero-order valence-electron chi connectivity index (χ0n) is 6.11. The van der Waals surface area contributed by atoms with Gasteiger partial charge in [-0.1, -0.05) is 4.40 Å². The van der Waals surface area contributed by atoms with Crippen LogP contribution in [0.3, 0.4) is 0 Å². The number of carbonyl (C=O) groups excluding carboxylic acids is 1. The van der Waals surface area contributed by atoms with Gasteiger partial charge >= 0.3 is 0 Å². The highest BCUT2D eigenvalue weighted by Crippen LogP contribution is 2.11. The number of hydrogen-bond acceptors (Lipinski definition) is 3. The lowest BCUT2D eigenvalue weighted by molar-refractivity contribution is 0.561. The van der Waals surface area contributed by atoms with Crippen LogP contribution in [0.2, 0.25) is 0 Å². The first-order valence-electron chi connectivity index (χ1n) is 2.89. The quantitative estimate of drug-likeness (QED) is 0.380. The number of alkyl halides is 1. The zero-order valence-corrected chi connectivity index (χ0v) is 7.69. The van der Waals surface area contributed by atoms with E-state index in [-0.39, 0.29) is 0 Å². The average Bonchev–Trinajstić information content (AvgIpc) is 1.86. The summed E-state index contributed by atoms with van der Waals surface area (Å²) in [6.07, 6.45) is 0.972. The molecule has 0 fully saturated rings. The van der Waals surface area contributed by atoms with Crippen LogP contribution in [0.15, 0.2) is 4.40 Å². The Bertz CT molecular complexity index is 265. The number of sulfonamides is 1. The van der Waals surface area contributed by atoms with E-state index >= 15 is 0 Å². The molecule has 0 amide bonds. The third-order valence-electron chi connectivity index (χ3n) is 1.28. The van der Waals surface area contributed by atoms with Crippen LogP contribution >= 0.6 is 11.6 Å². The Morgan fingerprint density at radius 3 is 2.18 bits per heavy atom. The Morgan fingerprint density at radius 1 is 1.45 bits per heavy atom. The smallest absolute Gasteiger partial charge is 0.210 e. The molecular formula is C5H8ClNO3S. The highest BCUT2D eigenvalue weighted by Gasteiger charge is 2.24. The minimum Gasteiger partial charge on any atom is -0.210 e. The number of halogens is 1. The molecule has 2 atom stereocenters. The summed E-state index contributed by atoms with van der Waals surface area (Å²) in [7, 11) is -3.74. The second-order valence-corrected chi connectivity index (χ2v) is 4.72. The van der Waals surface area contributed by atoms with E-state index in [1.165, 1.54) is 13.8 Å². The van der Waals surface area contributed by atoms with Crippen LogP contribution in [0.1, 0.15) is 13.8 Å². The number of nitrogens with zero attached hydrogens (tertiary/aromatic N) is 1. The molecule has 0 N–H and O–H groups in total. The van der Waals surface area contributed by atoms with Crippen molar-refractivity contribution in [3.63, 3.8) is 0 Å². The van der Waals surface area contributed by atoms with Crippen LogP contribution in [-0.4, -0.2) is 25.1 Å². The molecular weight excluding hydrogens is 190 g/mol. The van der Waals surface area contributed by atoms with Crippen molar-refractivity contribution >= 4 is 27.7 Å². The molecule has 2 unspecified atom stereocenters. The van der Waals surface area contributed by atoms with Gasteiger partial charge in [0.15, 0.2) is 0 Å². The first-order chi connectivity index (χ1) is 4.91. The maximum absolute atomic E-state index is 10.9. The lowest BCUT2D eigenvalue weighted by Gasteiger charge is -2.08. The summed E-state index contributed by atoms with van der Waals surface area (Å²) in [6.45, 7) is 2.90. The summed E-state index contributed by atoms with van der Waals surface area (Å²) in [4.78, 5) is 9.63. The van der Waals surface area contributed by atoms with Crippen LogP contribution in [0.25, 0.3) is 0 Å². The summed E-state index contributed by atoms with van der Waals surface area (Å²) in [5.41, 5.74) is 0. The van der Waals surface area contributed by atoms with Gasteiger partial charge in [0, 0.05) is 5.38 Å². The van der Waals surface area contributed by atoms with E-state index in [0.717, 1.165) is 6.08 Å². The summed E-state index contributed by atoms with van der Waals surface area (Å²) in [5, 5.41) is -1.43. The van der Waals surface area contributed by atoms with Crippen molar-refractivity contribution < 1.29 is 13.2 Å². The standard InChI is InChI=1S/C5H8ClNO3S/c1-4(6)5(2)11(9,10)7-3-8/h4-5H,1-2H3. The highest BCUT2D eigenvalue weighted by molar-refractivity contribution is 7.90. The van der Waals surface area contributed by atoms with Crippen LogP contribution in [0.5, 0.6) is 0 Å². The van der Waals surface area contributed by atoms with Crippen LogP contribution < -0.4 is 0 Å². The minimum absolute atomic E-state index is 0.572. The van der Waals surface area contributed by atoms with E-state index < -0.39 is 20.7 Å². The van der Waals surface area contributed by atoms with Gasteiger partial charge in [-0.2, -0.15) is 0 Å². The number of hydrogen-bond donors (Lipinski definition) is 0. The molecule has 11 heavy (non-hydrogen) atoms. The third kappa shape index (κ3) is 3.01. The molecule has 0 radical (unpaired) electrons. The molecule has 0 aliphatic carbocycles. The predicted molar refractivity (Wildman–Crippen MR) is 41.8 cm³/mol. The molecule has 4 nitrogen and oxygen atoms in total. The molecule has 0 rings (SSSR count). The molecule has 0 aliphatic rings. The number of isocyanates is 1. The van der Waals surface area contributed by atoms with E-state index in [4.69, 9.17) is 11.6 Å². The van der Waals surface area contributed by atoms with E-state index in [1.807, 2.05) is 0 Å². The third-order valence-corrected chi connectivity index (χ3v) is 3.49. The second-order valence-electron chi connectivity index (χ2n) is 2.08. The van der Waals surface area contributed by atoms with Crippen molar-refractivity contribution in [3.05, 3.63) is 0 Å². The summed E-state index contributed by atoms with van der Waals surface area (Å²) >= 11 is 5.48. The van der Waals surface area contributed by atoms with Gasteiger partial charge in [0.05, 0.1) is 5.25 Å². The van der Waals surface area contributed by atoms with E-state index in [9.17, 15) is 13.2 Å². The van der Waals surface area contributed by atoms with Gasteiger partial charge in [0.1, 0.15) is 0 Å². The van der Waals surface area contributed by atoms with Crippen molar-refractivity contribution in [2.24, 2.45) is 4.40 Å². The molecule has 64 valence electrons. The molecule has 0 bridgehead atoms. The fourth-order valence-corrected chi connectivity index (χ4v) is 1.51. The molecule has 6 heteroatoms. The lowest BCUT2D eigenvalue weighted by atomic mass is 10.4. The predicted octanol–water partition coefficient (Wildman–Crippen LogP) is 0.668. The molecule has 0 saturated carbocycles. The van der Waals surface area contributed by atoms with Crippen molar-refractivity contribution in [1.29, 1.82) is 0 Å². The van der Waals surface area contributed by atoms with Gasteiger partial charge < -0.3 is 0 Å². The van der Waals surface area contributed by atoms with Crippen molar-refractivity contribution in [2.75, 3.05) is 0 Å². The minimum atomic E-state index is -3.74. The summed E-state index contributed by atoms with van der Waals surface area (Å²) < 4.78 is 24.4. The molecule has 0 aromatic heterocycles. The van der Waals surface area contributed by atoms with Crippen molar-refractivity contribution in [2.45, 2.75) is 24.5 Å². The Morgan fingerprint density at radius 2 is 1.91 bits per heavy atom. The van der Waals surface area contributed by atoms with Gasteiger partial charge in [0.2, 0.25) is 0 Å². The Balaban J connectivity index is 4.71. The van der Waals surface area contributed by atoms with Crippen molar-refractivity contribution in [3.8, 4) is 0 Å². The van der Waals surface area contributed by atoms with Crippen LogP contribution in [0.4, 0.5) is 0 Å². The Kier molecular flexibility index (Phi) is 3.72. The topological polar surface area (TPSA) is 63.6 Å².